The number of ether oxygens (including phenoxy) is 1. The molecule has 5 heterocycles. The zero-order valence-corrected chi connectivity index (χ0v) is 19.6. The molecular weight excluding hydrogens is 416 g/mol. The molecule has 2 fully saturated rings. The number of amides is 1. The van der Waals surface area contributed by atoms with Gasteiger partial charge in [0, 0.05) is 62.3 Å². The van der Waals surface area contributed by atoms with E-state index in [1.54, 1.807) is 0 Å². The van der Waals surface area contributed by atoms with Crippen molar-refractivity contribution >= 4 is 11.9 Å². The predicted octanol–water partition coefficient (Wildman–Crippen LogP) is 2.47. The van der Waals surface area contributed by atoms with Gasteiger partial charge in [0.25, 0.3) is 0 Å². The maximum atomic E-state index is 13.9. The molecule has 2 aromatic heterocycles. The van der Waals surface area contributed by atoms with Crippen LogP contribution in [0.2, 0.25) is 0 Å². The summed E-state index contributed by atoms with van der Waals surface area (Å²) in [6, 6.07) is 4.60. The maximum absolute atomic E-state index is 13.9. The van der Waals surface area contributed by atoms with Gasteiger partial charge in [-0.1, -0.05) is 0 Å². The summed E-state index contributed by atoms with van der Waals surface area (Å²) in [5.74, 6) is 1.08. The third-order valence-electron chi connectivity index (χ3n) is 7.43. The predicted molar refractivity (Wildman–Crippen MR) is 126 cm³/mol. The summed E-state index contributed by atoms with van der Waals surface area (Å²) < 4.78 is 5.45. The number of rotatable bonds is 4. The summed E-state index contributed by atoms with van der Waals surface area (Å²) in [6.07, 6.45) is 9.20. The van der Waals surface area contributed by atoms with Crippen LogP contribution in [0.3, 0.4) is 0 Å². The van der Waals surface area contributed by atoms with Gasteiger partial charge in [-0.25, -0.2) is 9.97 Å². The number of piperidine rings is 1. The molecular formula is C25H34N6O2. The number of nitrogens with zero attached hydrogens (tertiary/aromatic N) is 5. The lowest BCUT2D eigenvalue weighted by Gasteiger charge is -2.42. The van der Waals surface area contributed by atoms with Gasteiger partial charge in [-0.2, -0.15) is 0 Å². The van der Waals surface area contributed by atoms with Crippen LogP contribution in [0.4, 0.5) is 5.95 Å². The highest BCUT2D eigenvalue weighted by Gasteiger charge is 2.39. The molecule has 2 saturated heterocycles. The van der Waals surface area contributed by atoms with E-state index in [1.165, 1.54) is 5.56 Å². The molecule has 0 unspecified atom stereocenters. The van der Waals surface area contributed by atoms with Gasteiger partial charge >= 0.3 is 0 Å². The number of hydrogen-bond acceptors (Lipinski definition) is 7. The van der Waals surface area contributed by atoms with E-state index in [4.69, 9.17) is 9.72 Å². The Morgan fingerprint density at radius 2 is 1.97 bits per heavy atom. The van der Waals surface area contributed by atoms with E-state index in [-0.39, 0.29) is 23.8 Å². The molecule has 1 amide bonds. The van der Waals surface area contributed by atoms with Crippen LogP contribution >= 0.6 is 0 Å². The number of likely N-dealkylation sites (N-methyl/N-ethyl adjacent to an activating group) is 1. The number of carbonyl (C=O) groups is 1. The first-order chi connectivity index (χ1) is 16.1. The number of anilines is 1. The molecule has 8 heteroatoms. The van der Waals surface area contributed by atoms with Crippen molar-refractivity contribution in [3.05, 3.63) is 47.5 Å². The van der Waals surface area contributed by atoms with Gasteiger partial charge in [0.15, 0.2) is 0 Å². The quantitative estimate of drug-likeness (QED) is 0.766. The van der Waals surface area contributed by atoms with Gasteiger partial charge in [0.2, 0.25) is 11.9 Å². The van der Waals surface area contributed by atoms with Crippen molar-refractivity contribution in [1.29, 1.82) is 0 Å². The monoisotopic (exact) mass is 450 g/mol. The second kappa shape index (κ2) is 9.73. The molecule has 5 rings (SSSR count). The number of likely N-dealkylation sites (tertiary alicyclic amines) is 1. The van der Waals surface area contributed by atoms with Crippen LogP contribution in [0, 0.1) is 5.92 Å². The molecule has 3 atom stereocenters. The molecule has 8 nitrogen and oxygen atoms in total. The minimum absolute atomic E-state index is 0.0192. The average molecular weight is 451 g/mol. The maximum Gasteiger partial charge on any atom is 0.227 e. The SMILES string of the molecule is C[C@@H]1Cc2cnc(NC3CCOCC3)nc2CN1C(=O)[C@@H]1CCN(C)C[C@@H]1c1ccncc1. The fourth-order valence-electron chi connectivity index (χ4n) is 5.46. The molecule has 3 aliphatic heterocycles. The lowest BCUT2D eigenvalue weighted by molar-refractivity contribution is -0.141. The van der Waals surface area contributed by atoms with Crippen LogP contribution < -0.4 is 5.32 Å². The Hall–Kier alpha value is -2.58. The summed E-state index contributed by atoms with van der Waals surface area (Å²) >= 11 is 0. The summed E-state index contributed by atoms with van der Waals surface area (Å²) in [5.41, 5.74) is 3.32. The van der Waals surface area contributed by atoms with Crippen LogP contribution in [-0.2, 0) is 22.5 Å². The molecule has 1 N–H and O–H groups in total. The van der Waals surface area contributed by atoms with Gasteiger partial charge < -0.3 is 19.9 Å². The lowest BCUT2D eigenvalue weighted by atomic mass is 9.79. The Kier molecular flexibility index (Phi) is 6.55. The third kappa shape index (κ3) is 4.87. The Morgan fingerprint density at radius 1 is 1.18 bits per heavy atom. The Bertz CT molecular complexity index is 965. The molecule has 0 radical (unpaired) electrons. The zero-order chi connectivity index (χ0) is 22.8. The second-order valence-corrected chi connectivity index (χ2v) is 9.76. The van der Waals surface area contributed by atoms with E-state index in [0.717, 1.165) is 63.2 Å². The summed E-state index contributed by atoms with van der Waals surface area (Å²) in [4.78, 5) is 31.8. The highest BCUT2D eigenvalue weighted by atomic mass is 16.5. The van der Waals surface area contributed by atoms with Crippen LogP contribution in [-0.4, -0.2) is 76.1 Å². The Morgan fingerprint density at radius 3 is 2.76 bits per heavy atom. The van der Waals surface area contributed by atoms with Crippen molar-refractivity contribution in [3.8, 4) is 0 Å². The number of hydrogen-bond donors (Lipinski definition) is 1. The molecule has 176 valence electrons. The highest BCUT2D eigenvalue weighted by molar-refractivity contribution is 5.80. The van der Waals surface area contributed by atoms with Crippen molar-refractivity contribution in [2.75, 3.05) is 38.7 Å². The molecule has 2 aromatic rings. The van der Waals surface area contributed by atoms with E-state index >= 15 is 0 Å². The number of pyridine rings is 1. The first kappa shape index (κ1) is 22.2. The van der Waals surface area contributed by atoms with Crippen molar-refractivity contribution < 1.29 is 9.53 Å². The van der Waals surface area contributed by atoms with Gasteiger partial charge in [-0.3, -0.25) is 9.78 Å². The van der Waals surface area contributed by atoms with E-state index in [0.29, 0.717) is 18.5 Å². The largest absolute Gasteiger partial charge is 0.381 e. The highest BCUT2D eigenvalue weighted by Crippen LogP contribution is 2.35. The van der Waals surface area contributed by atoms with E-state index in [1.807, 2.05) is 18.6 Å². The minimum atomic E-state index is -0.0192. The topological polar surface area (TPSA) is 83.5 Å². The molecule has 0 saturated carbocycles. The van der Waals surface area contributed by atoms with E-state index in [2.05, 4.69) is 51.2 Å². The third-order valence-corrected chi connectivity index (χ3v) is 7.43. The number of carbonyl (C=O) groups excluding carboxylic acids is 1. The first-order valence-electron chi connectivity index (χ1n) is 12.2. The summed E-state index contributed by atoms with van der Waals surface area (Å²) in [6.45, 7) is 6.08. The molecule has 33 heavy (non-hydrogen) atoms. The first-order valence-corrected chi connectivity index (χ1v) is 12.2. The number of nitrogens with one attached hydrogen (secondary N) is 1. The smallest absolute Gasteiger partial charge is 0.227 e. The molecule has 0 spiro atoms. The van der Waals surface area contributed by atoms with Crippen LogP contribution in [0.25, 0.3) is 0 Å². The molecule has 0 aliphatic carbocycles. The summed E-state index contributed by atoms with van der Waals surface area (Å²) in [7, 11) is 2.14. The van der Waals surface area contributed by atoms with Crippen LogP contribution in [0.1, 0.15) is 48.9 Å². The van der Waals surface area contributed by atoms with Gasteiger partial charge in [0.1, 0.15) is 0 Å². The standard InChI is InChI=1S/C25H34N6O2/c1-17-13-19-14-27-25(28-20-6-11-33-12-7-20)29-23(19)16-31(17)24(32)21-5-10-30(2)15-22(21)18-3-8-26-9-4-18/h3-4,8-9,14,17,20-22H,5-7,10-13,15-16H2,1-2H3,(H,27,28,29)/t17-,21-,22-/m1/s1. The van der Waals surface area contributed by atoms with E-state index in [9.17, 15) is 4.79 Å². The molecule has 0 aromatic carbocycles. The van der Waals surface area contributed by atoms with Crippen molar-refractivity contribution in [2.24, 2.45) is 5.92 Å². The Labute approximate surface area is 195 Å². The fraction of sp³-hybridized carbons (Fsp3) is 0.600. The Balaban J connectivity index is 1.34. The van der Waals surface area contributed by atoms with Crippen molar-refractivity contribution in [2.45, 2.75) is 57.2 Å². The second-order valence-electron chi connectivity index (χ2n) is 9.76. The minimum Gasteiger partial charge on any atom is -0.381 e. The molecule has 0 bridgehead atoms. The van der Waals surface area contributed by atoms with Gasteiger partial charge in [-0.05, 0) is 69.5 Å². The average Bonchev–Trinajstić information content (AvgIpc) is 2.84. The normalized spacial score (nSPS) is 26.6. The van der Waals surface area contributed by atoms with Gasteiger partial charge in [-0.15, -0.1) is 0 Å². The van der Waals surface area contributed by atoms with Crippen molar-refractivity contribution in [3.63, 3.8) is 0 Å². The zero-order valence-electron chi connectivity index (χ0n) is 19.6. The lowest BCUT2D eigenvalue weighted by Crippen LogP contribution is -2.50. The van der Waals surface area contributed by atoms with Crippen molar-refractivity contribution in [1.82, 2.24) is 24.8 Å². The summed E-state index contributed by atoms with van der Waals surface area (Å²) in [5, 5.41) is 3.47. The number of fused-ring (bicyclic) bond motifs is 1. The van der Waals surface area contributed by atoms with Crippen LogP contribution in [0.15, 0.2) is 30.7 Å². The molecule has 3 aliphatic rings. The number of aromatic nitrogens is 3. The van der Waals surface area contributed by atoms with E-state index < -0.39 is 0 Å². The van der Waals surface area contributed by atoms with Crippen LogP contribution in [0.5, 0.6) is 0 Å². The fourth-order valence-corrected chi connectivity index (χ4v) is 5.46. The van der Waals surface area contributed by atoms with Gasteiger partial charge in [0.05, 0.1) is 12.2 Å².